The molecular formula is C15H14N4O3. The van der Waals surface area contributed by atoms with Gasteiger partial charge in [0.05, 0.1) is 11.6 Å². The van der Waals surface area contributed by atoms with Crippen molar-refractivity contribution in [2.24, 2.45) is 11.7 Å². The largest absolute Gasteiger partial charge is 0.369 e. The zero-order valence-corrected chi connectivity index (χ0v) is 11.7. The first-order valence-electron chi connectivity index (χ1n) is 6.81. The second-order valence-corrected chi connectivity index (χ2v) is 5.13. The van der Waals surface area contributed by atoms with Gasteiger partial charge in [-0.1, -0.05) is 30.3 Å². The Kier molecular flexibility index (Phi) is 3.46. The summed E-state index contributed by atoms with van der Waals surface area (Å²) in [5.74, 6) is -1.23. The Hall–Kier alpha value is -2.96. The number of nitrogens with zero attached hydrogens (tertiary/aromatic N) is 2. The third-order valence-corrected chi connectivity index (χ3v) is 3.58. The average molecular weight is 298 g/mol. The molecule has 3 rings (SSSR count). The van der Waals surface area contributed by atoms with Crippen molar-refractivity contribution in [1.29, 1.82) is 0 Å². The van der Waals surface area contributed by atoms with Crippen molar-refractivity contribution < 1.29 is 9.59 Å². The second-order valence-electron chi connectivity index (χ2n) is 5.13. The van der Waals surface area contributed by atoms with Gasteiger partial charge in [0.25, 0.3) is 5.56 Å². The summed E-state index contributed by atoms with van der Waals surface area (Å²) in [6.45, 7) is 0.134. The molecule has 1 saturated heterocycles. The molecule has 2 heterocycles. The highest BCUT2D eigenvalue weighted by atomic mass is 16.2. The Labute approximate surface area is 125 Å². The first-order valence-corrected chi connectivity index (χ1v) is 6.81. The van der Waals surface area contributed by atoms with Gasteiger partial charge in [-0.3, -0.25) is 24.3 Å². The van der Waals surface area contributed by atoms with E-state index in [1.165, 1.54) is 11.0 Å². The predicted octanol–water partition coefficient (Wildman–Crippen LogP) is 0.275. The van der Waals surface area contributed by atoms with E-state index in [4.69, 9.17) is 5.73 Å². The Bertz CT molecular complexity index is 785. The molecular weight excluding hydrogens is 284 g/mol. The monoisotopic (exact) mass is 298 g/mol. The van der Waals surface area contributed by atoms with Gasteiger partial charge in [0.15, 0.2) is 0 Å². The van der Waals surface area contributed by atoms with Gasteiger partial charge in [0, 0.05) is 24.6 Å². The van der Waals surface area contributed by atoms with Gasteiger partial charge in [0.2, 0.25) is 17.8 Å². The Morgan fingerprint density at radius 3 is 2.64 bits per heavy atom. The molecule has 2 amide bonds. The fourth-order valence-corrected chi connectivity index (χ4v) is 2.43. The van der Waals surface area contributed by atoms with Crippen molar-refractivity contribution >= 4 is 17.8 Å². The maximum Gasteiger partial charge on any atom is 0.252 e. The van der Waals surface area contributed by atoms with Crippen LogP contribution in [-0.4, -0.2) is 28.3 Å². The molecule has 22 heavy (non-hydrogen) atoms. The van der Waals surface area contributed by atoms with Crippen LogP contribution in [0.4, 0.5) is 5.95 Å². The zero-order valence-electron chi connectivity index (χ0n) is 11.7. The van der Waals surface area contributed by atoms with E-state index in [1.54, 1.807) is 0 Å². The van der Waals surface area contributed by atoms with Crippen molar-refractivity contribution in [3.05, 3.63) is 46.8 Å². The molecule has 3 N–H and O–H groups in total. The highest BCUT2D eigenvalue weighted by molar-refractivity contribution is 5.98. The normalized spacial score (nSPS) is 17.7. The van der Waals surface area contributed by atoms with Gasteiger partial charge in [-0.2, -0.15) is 0 Å². The van der Waals surface area contributed by atoms with Crippen LogP contribution in [0.1, 0.15) is 6.42 Å². The fourth-order valence-electron chi connectivity index (χ4n) is 2.43. The van der Waals surface area contributed by atoms with Crippen LogP contribution in [0.3, 0.4) is 0 Å². The van der Waals surface area contributed by atoms with Gasteiger partial charge in [-0.15, -0.1) is 0 Å². The number of benzene rings is 1. The van der Waals surface area contributed by atoms with Gasteiger partial charge >= 0.3 is 0 Å². The molecule has 7 heteroatoms. The van der Waals surface area contributed by atoms with Crippen LogP contribution in [0, 0.1) is 5.92 Å². The first kappa shape index (κ1) is 14.0. The second kappa shape index (κ2) is 5.44. The van der Waals surface area contributed by atoms with Crippen molar-refractivity contribution in [2.75, 3.05) is 11.4 Å². The summed E-state index contributed by atoms with van der Waals surface area (Å²) in [4.78, 5) is 43.2. The molecule has 1 aliphatic rings. The summed E-state index contributed by atoms with van der Waals surface area (Å²) in [7, 11) is 0. The zero-order chi connectivity index (χ0) is 15.7. The number of aromatic amines is 1. The van der Waals surface area contributed by atoms with E-state index >= 15 is 0 Å². The summed E-state index contributed by atoms with van der Waals surface area (Å²) in [6, 6.07) is 10.5. The third kappa shape index (κ3) is 2.60. The van der Waals surface area contributed by atoms with Crippen molar-refractivity contribution in [1.82, 2.24) is 9.97 Å². The van der Waals surface area contributed by atoms with E-state index in [1.807, 2.05) is 30.3 Å². The van der Waals surface area contributed by atoms with Crippen LogP contribution < -0.4 is 16.2 Å². The van der Waals surface area contributed by atoms with E-state index in [9.17, 15) is 14.4 Å². The van der Waals surface area contributed by atoms with Crippen molar-refractivity contribution in [2.45, 2.75) is 6.42 Å². The molecule has 1 aromatic heterocycles. The number of hydrogen-bond donors (Lipinski definition) is 2. The van der Waals surface area contributed by atoms with Gasteiger partial charge in [-0.05, 0) is 0 Å². The lowest BCUT2D eigenvalue weighted by atomic mass is 10.1. The number of hydrogen-bond acceptors (Lipinski definition) is 4. The maximum atomic E-state index is 12.0. The number of primary amides is 1. The van der Waals surface area contributed by atoms with Crippen LogP contribution in [-0.2, 0) is 9.59 Å². The molecule has 112 valence electrons. The summed E-state index contributed by atoms with van der Waals surface area (Å²) in [6.07, 6.45) is 0.0363. The molecule has 1 unspecified atom stereocenters. The smallest absolute Gasteiger partial charge is 0.252 e. The number of anilines is 1. The highest BCUT2D eigenvalue weighted by Crippen LogP contribution is 2.23. The Morgan fingerprint density at radius 2 is 2.00 bits per heavy atom. The van der Waals surface area contributed by atoms with Crippen molar-refractivity contribution in [3.63, 3.8) is 0 Å². The lowest BCUT2D eigenvalue weighted by Gasteiger charge is -2.15. The number of aromatic nitrogens is 2. The number of rotatable bonds is 3. The van der Waals surface area contributed by atoms with Crippen LogP contribution >= 0.6 is 0 Å². The topological polar surface area (TPSA) is 109 Å². The van der Waals surface area contributed by atoms with Gasteiger partial charge < -0.3 is 5.73 Å². The Morgan fingerprint density at radius 1 is 1.27 bits per heavy atom. The third-order valence-electron chi connectivity index (χ3n) is 3.58. The van der Waals surface area contributed by atoms with E-state index in [2.05, 4.69) is 9.97 Å². The molecule has 0 spiro atoms. The molecule has 0 radical (unpaired) electrons. The summed E-state index contributed by atoms with van der Waals surface area (Å²) in [5, 5.41) is 0. The Balaban J connectivity index is 1.99. The lowest BCUT2D eigenvalue weighted by molar-refractivity contribution is -0.123. The van der Waals surface area contributed by atoms with E-state index in [0.29, 0.717) is 5.69 Å². The van der Waals surface area contributed by atoms with Crippen molar-refractivity contribution in [3.8, 4) is 11.3 Å². The van der Waals surface area contributed by atoms with Crippen LogP contribution in [0.2, 0.25) is 0 Å². The first-order chi connectivity index (χ1) is 10.5. The number of amides is 2. The molecule has 7 nitrogen and oxygen atoms in total. The summed E-state index contributed by atoms with van der Waals surface area (Å²) in [5.41, 5.74) is 6.12. The minimum absolute atomic E-state index is 0.0363. The van der Waals surface area contributed by atoms with Crippen LogP contribution in [0.25, 0.3) is 11.3 Å². The molecule has 2 aromatic rings. The number of nitrogens with two attached hydrogens (primary N) is 1. The predicted molar refractivity (Wildman–Crippen MR) is 79.9 cm³/mol. The summed E-state index contributed by atoms with van der Waals surface area (Å²) < 4.78 is 0. The standard InChI is InChI=1S/C15H14N4O3/c16-14(22)10-6-13(21)19(8-10)15-17-11(7-12(20)18-15)9-4-2-1-3-5-9/h1-5,7,10H,6,8H2,(H2,16,22)(H,17,18,20). The van der Waals surface area contributed by atoms with E-state index in [-0.39, 0.29) is 30.4 Å². The number of nitrogens with one attached hydrogen (secondary N) is 1. The van der Waals surface area contributed by atoms with E-state index < -0.39 is 11.8 Å². The van der Waals surface area contributed by atoms with Gasteiger partial charge in [-0.25, -0.2) is 4.98 Å². The average Bonchev–Trinajstić information content (AvgIpc) is 2.90. The minimum Gasteiger partial charge on any atom is -0.369 e. The minimum atomic E-state index is -0.557. The summed E-state index contributed by atoms with van der Waals surface area (Å²) >= 11 is 0. The molecule has 0 aliphatic carbocycles. The molecule has 0 bridgehead atoms. The number of carbonyl (C=O) groups excluding carboxylic acids is 2. The van der Waals surface area contributed by atoms with Crippen LogP contribution in [0.5, 0.6) is 0 Å². The molecule has 1 aliphatic heterocycles. The molecule has 0 saturated carbocycles. The maximum absolute atomic E-state index is 12.0. The quantitative estimate of drug-likeness (QED) is 0.847. The molecule has 1 atom stereocenters. The molecule has 1 fully saturated rings. The fraction of sp³-hybridized carbons (Fsp3) is 0.200. The van der Waals surface area contributed by atoms with Crippen LogP contribution in [0.15, 0.2) is 41.2 Å². The SMILES string of the molecule is NC(=O)C1CC(=O)N(c2nc(-c3ccccc3)cc(=O)[nH]2)C1. The number of H-pyrrole nitrogens is 1. The molecule has 1 aromatic carbocycles. The van der Waals surface area contributed by atoms with E-state index in [0.717, 1.165) is 5.56 Å². The lowest BCUT2D eigenvalue weighted by Crippen LogP contribution is -2.31. The highest BCUT2D eigenvalue weighted by Gasteiger charge is 2.35. The number of carbonyl (C=O) groups is 2. The van der Waals surface area contributed by atoms with Gasteiger partial charge in [0.1, 0.15) is 0 Å².